The van der Waals surface area contributed by atoms with Crippen molar-refractivity contribution in [2.75, 3.05) is 6.61 Å². The van der Waals surface area contributed by atoms with Gasteiger partial charge in [-0.1, -0.05) is 19.1 Å². The van der Waals surface area contributed by atoms with E-state index in [9.17, 15) is 4.79 Å². The normalized spacial score (nSPS) is 21.1. The Kier molecular flexibility index (Phi) is 3.64. The summed E-state index contributed by atoms with van der Waals surface area (Å²) >= 11 is 0. The highest BCUT2D eigenvalue weighted by Gasteiger charge is 2.28. The van der Waals surface area contributed by atoms with Crippen LogP contribution in [0, 0.1) is 0 Å². The lowest BCUT2D eigenvalue weighted by atomic mass is 10.1. The van der Waals surface area contributed by atoms with Gasteiger partial charge >= 0.3 is 5.97 Å². The van der Waals surface area contributed by atoms with Gasteiger partial charge in [0.15, 0.2) is 6.10 Å². The second kappa shape index (κ2) is 5.19. The molecule has 17 heavy (non-hydrogen) atoms. The van der Waals surface area contributed by atoms with Gasteiger partial charge in [-0.25, -0.2) is 4.79 Å². The van der Waals surface area contributed by atoms with Crippen LogP contribution in [0.15, 0.2) is 24.3 Å². The monoisotopic (exact) mass is 235 g/mol. The smallest absolute Gasteiger partial charge is 0.347 e. The van der Waals surface area contributed by atoms with Gasteiger partial charge in [-0.05, 0) is 24.1 Å². The van der Waals surface area contributed by atoms with E-state index in [0.717, 1.165) is 12.0 Å². The fourth-order valence-corrected chi connectivity index (χ4v) is 1.78. The van der Waals surface area contributed by atoms with Gasteiger partial charge in [0.25, 0.3) is 0 Å². The summed E-state index contributed by atoms with van der Waals surface area (Å²) in [5.41, 5.74) is 6.99. The molecule has 2 N–H and O–H groups in total. The van der Waals surface area contributed by atoms with Gasteiger partial charge in [0.2, 0.25) is 0 Å². The molecule has 4 heteroatoms. The van der Waals surface area contributed by atoms with Gasteiger partial charge in [-0.2, -0.15) is 0 Å². The van der Waals surface area contributed by atoms with Crippen molar-refractivity contribution in [3.05, 3.63) is 29.8 Å². The topological polar surface area (TPSA) is 61.6 Å². The first-order valence-corrected chi connectivity index (χ1v) is 5.89. The minimum absolute atomic E-state index is 0.0560. The van der Waals surface area contributed by atoms with Crippen LogP contribution in [-0.4, -0.2) is 18.7 Å². The van der Waals surface area contributed by atoms with Crippen molar-refractivity contribution in [2.24, 2.45) is 5.73 Å². The van der Waals surface area contributed by atoms with E-state index in [1.165, 1.54) is 0 Å². The SMILES string of the molecule is CCC(N)c1ccc(OC2CCOC2=O)cc1. The Bertz CT molecular complexity index is 388. The third-order valence-electron chi connectivity index (χ3n) is 2.91. The molecule has 0 bridgehead atoms. The lowest BCUT2D eigenvalue weighted by Gasteiger charge is -2.12. The molecule has 0 spiro atoms. The predicted molar refractivity (Wildman–Crippen MR) is 63.7 cm³/mol. The second-order valence-electron chi connectivity index (χ2n) is 4.15. The maximum atomic E-state index is 11.2. The fourth-order valence-electron chi connectivity index (χ4n) is 1.78. The Balaban J connectivity index is 2.00. The number of esters is 1. The number of rotatable bonds is 4. The number of hydrogen-bond acceptors (Lipinski definition) is 4. The minimum atomic E-state index is -0.458. The molecule has 0 amide bonds. The molecule has 92 valence electrons. The first-order chi connectivity index (χ1) is 8.20. The lowest BCUT2D eigenvalue weighted by molar-refractivity contribution is -0.143. The van der Waals surface area contributed by atoms with Gasteiger partial charge < -0.3 is 15.2 Å². The number of carbonyl (C=O) groups excluding carboxylic acids is 1. The first-order valence-electron chi connectivity index (χ1n) is 5.89. The van der Waals surface area contributed by atoms with Crippen molar-refractivity contribution in [3.63, 3.8) is 0 Å². The summed E-state index contributed by atoms with van der Waals surface area (Å²) in [6.45, 7) is 2.49. The van der Waals surface area contributed by atoms with E-state index in [1.54, 1.807) is 0 Å². The molecular formula is C13H17NO3. The Morgan fingerprint density at radius 1 is 1.47 bits per heavy atom. The predicted octanol–water partition coefficient (Wildman–Crippen LogP) is 1.79. The average molecular weight is 235 g/mol. The van der Waals surface area contributed by atoms with E-state index in [1.807, 2.05) is 31.2 Å². The van der Waals surface area contributed by atoms with Crippen LogP contribution < -0.4 is 10.5 Å². The summed E-state index contributed by atoms with van der Waals surface area (Å²) in [6.07, 6.45) is 1.06. The average Bonchev–Trinajstić information content (AvgIpc) is 2.75. The number of ether oxygens (including phenoxy) is 2. The number of cyclic esters (lactones) is 1. The van der Waals surface area contributed by atoms with Crippen molar-refractivity contribution in [1.29, 1.82) is 0 Å². The third kappa shape index (κ3) is 2.77. The highest BCUT2D eigenvalue weighted by molar-refractivity contribution is 5.76. The number of benzene rings is 1. The summed E-state index contributed by atoms with van der Waals surface area (Å²) in [5.74, 6) is 0.403. The number of hydrogen-bond donors (Lipinski definition) is 1. The molecule has 1 saturated heterocycles. The highest BCUT2D eigenvalue weighted by atomic mass is 16.6. The molecule has 1 aromatic carbocycles. The van der Waals surface area contributed by atoms with E-state index in [-0.39, 0.29) is 12.0 Å². The van der Waals surface area contributed by atoms with E-state index in [2.05, 4.69) is 0 Å². The Morgan fingerprint density at radius 2 is 2.18 bits per heavy atom. The van der Waals surface area contributed by atoms with Crippen LogP contribution in [0.2, 0.25) is 0 Å². The van der Waals surface area contributed by atoms with Crippen molar-refractivity contribution < 1.29 is 14.3 Å². The molecule has 1 aromatic rings. The molecule has 4 nitrogen and oxygen atoms in total. The van der Waals surface area contributed by atoms with E-state index in [0.29, 0.717) is 18.8 Å². The lowest BCUT2D eigenvalue weighted by Crippen LogP contribution is -2.21. The molecule has 1 aliphatic rings. The van der Waals surface area contributed by atoms with Gasteiger partial charge in [0.1, 0.15) is 5.75 Å². The number of nitrogens with two attached hydrogens (primary N) is 1. The molecule has 2 rings (SSSR count). The van der Waals surface area contributed by atoms with E-state index < -0.39 is 6.10 Å². The van der Waals surface area contributed by atoms with Crippen molar-refractivity contribution in [2.45, 2.75) is 31.9 Å². The zero-order valence-corrected chi connectivity index (χ0v) is 9.89. The van der Waals surface area contributed by atoms with Crippen LogP contribution >= 0.6 is 0 Å². The van der Waals surface area contributed by atoms with Crippen LogP contribution in [-0.2, 0) is 9.53 Å². The minimum Gasteiger partial charge on any atom is -0.479 e. The standard InChI is InChI=1S/C13H17NO3/c1-2-11(14)9-3-5-10(6-4-9)17-12-7-8-16-13(12)15/h3-6,11-12H,2,7-8,14H2,1H3. The second-order valence-corrected chi connectivity index (χ2v) is 4.15. The van der Waals surface area contributed by atoms with Crippen molar-refractivity contribution in [3.8, 4) is 5.75 Å². The van der Waals surface area contributed by atoms with Gasteiger partial charge in [-0.15, -0.1) is 0 Å². The van der Waals surface area contributed by atoms with Gasteiger partial charge in [0, 0.05) is 12.5 Å². The van der Waals surface area contributed by atoms with E-state index in [4.69, 9.17) is 15.2 Å². The summed E-state index contributed by atoms with van der Waals surface area (Å²) in [6, 6.07) is 7.61. The molecule has 0 aromatic heterocycles. The third-order valence-corrected chi connectivity index (χ3v) is 2.91. The summed E-state index contributed by atoms with van der Waals surface area (Å²) < 4.78 is 10.4. The zero-order valence-electron chi connectivity index (χ0n) is 9.89. The Hall–Kier alpha value is -1.55. The number of carbonyl (C=O) groups is 1. The summed E-state index contributed by atoms with van der Waals surface area (Å²) in [5, 5.41) is 0. The molecule has 0 radical (unpaired) electrons. The molecule has 1 heterocycles. The van der Waals surface area contributed by atoms with Gasteiger partial charge in [-0.3, -0.25) is 0 Å². The van der Waals surface area contributed by atoms with Crippen molar-refractivity contribution >= 4 is 5.97 Å². The molecule has 0 saturated carbocycles. The maximum absolute atomic E-state index is 11.2. The Morgan fingerprint density at radius 3 is 2.71 bits per heavy atom. The van der Waals surface area contributed by atoms with E-state index >= 15 is 0 Å². The summed E-state index contributed by atoms with van der Waals surface area (Å²) in [7, 11) is 0. The van der Waals surface area contributed by atoms with Crippen LogP contribution in [0.1, 0.15) is 31.4 Å². The molecule has 1 fully saturated rings. The molecule has 0 aliphatic carbocycles. The molecule has 2 unspecified atom stereocenters. The maximum Gasteiger partial charge on any atom is 0.347 e. The Labute approximate surface area is 101 Å². The van der Waals surface area contributed by atoms with Crippen molar-refractivity contribution in [1.82, 2.24) is 0 Å². The highest BCUT2D eigenvalue weighted by Crippen LogP contribution is 2.21. The molecule has 2 atom stereocenters. The van der Waals surface area contributed by atoms with Gasteiger partial charge in [0.05, 0.1) is 6.61 Å². The van der Waals surface area contributed by atoms with Crippen LogP contribution in [0.3, 0.4) is 0 Å². The quantitative estimate of drug-likeness (QED) is 0.808. The van der Waals surface area contributed by atoms with Crippen LogP contribution in [0.5, 0.6) is 5.75 Å². The first kappa shape index (κ1) is 11.9. The fraction of sp³-hybridized carbons (Fsp3) is 0.462. The molecular weight excluding hydrogens is 218 g/mol. The molecule has 1 aliphatic heterocycles. The van der Waals surface area contributed by atoms with Crippen LogP contribution in [0.4, 0.5) is 0 Å². The zero-order chi connectivity index (χ0) is 12.3. The largest absolute Gasteiger partial charge is 0.479 e. The summed E-state index contributed by atoms with van der Waals surface area (Å²) in [4.78, 5) is 11.2. The van der Waals surface area contributed by atoms with Crippen LogP contribution in [0.25, 0.3) is 0 Å².